The molecule has 1 saturated carbocycles. The molecule has 0 radical (unpaired) electrons. The molecule has 0 amide bonds. The number of carboxylic acid groups (broad SMARTS) is 1. The van der Waals surface area contributed by atoms with Crippen LogP contribution in [0, 0.1) is 17.6 Å². The third kappa shape index (κ3) is 2.39. The topological polar surface area (TPSA) is 88.5 Å². The number of benzene rings is 1. The Morgan fingerprint density at radius 2 is 1.91 bits per heavy atom. The highest BCUT2D eigenvalue weighted by Gasteiger charge is 2.60. The summed E-state index contributed by atoms with van der Waals surface area (Å²) in [6, 6.07) is 1.27. The zero-order valence-electron chi connectivity index (χ0n) is 11.1. The zero-order valence-corrected chi connectivity index (χ0v) is 11.9. The summed E-state index contributed by atoms with van der Waals surface area (Å²) >= 11 is 0. The highest BCUT2D eigenvalue weighted by molar-refractivity contribution is 7.93. The van der Waals surface area contributed by atoms with E-state index in [4.69, 9.17) is 5.11 Å². The van der Waals surface area contributed by atoms with Gasteiger partial charge in [-0.3, -0.25) is 4.79 Å². The Labute approximate surface area is 123 Å². The van der Waals surface area contributed by atoms with Crippen LogP contribution in [0.15, 0.2) is 23.1 Å². The Hall–Kier alpha value is -1.90. The number of carboxylic acids is 1. The lowest BCUT2D eigenvalue weighted by molar-refractivity contribution is -0.147. The molecule has 0 heterocycles. The van der Waals surface area contributed by atoms with E-state index in [0.29, 0.717) is 12.1 Å². The lowest BCUT2D eigenvalue weighted by atomic mass is 10.0. The third-order valence-corrected chi connectivity index (χ3v) is 5.82. The molecule has 1 aromatic carbocycles. The average molecular weight is 336 g/mol. The average Bonchev–Trinajstić information content (AvgIpc) is 2.87. The van der Waals surface area contributed by atoms with Gasteiger partial charge in [0.15, 0.2) is 11.6 Å². The Bertz CT molecular complexity index is 746. The molecule has 1 aromatic rings. The van der Waals surface area contributed by atoms with Crippen LogP contribution in [0.2, 0.25) is 0 Å². The zero-order chi connectivity index (χ0) is 16.7. The first-order valence-electron chi connectivity index (χ1n) is 6.24. The molecular weight excluding hydrogens is 325 g/mol. The fourth-order valence-corrected chi connectivity index (χ4v) is 4.17. The first kappa shape index (κ1) is 16.5. The number of carbonyl (C=O) groups is 2. The van der Waals surface area contributed by atoms with Gasteiger partial charge in [0.05, 0.1) is 4.90 Å². The van der Waals surface area contributed by atoms with E-state index in [-0.39, 0.29) is 18.9 Å². The van der Waals surface area contributed by atoms with Crippen LogP contribution in [0.5, 0.6) is 0 Å². The first-order chi connectivity index (χ1) is 10.1. The minimum Gasteiger partial charge on any atom is -0.478 e. The van der Waals surface area contributed by atoms with Crippen molar-refractivity contribution in [2.24, 2.45) is 5.92 Å². The predicted octanol–water partition coefficient (Wildman–Crippen LogP) is 1.86. The molecule has 22 heavy (non-hydrogen) atoms. The number of alkyl halides is 1. The molecule has 0 spiro atoms. The SMILES string of the molecule is O=C1CCC(C(F)(C(=O)O)S(=O)(=O)c2ccc(F)c(F)c2)C1. The molecule has 1 N–H and O–H groups in total. The molecule has 0 bridgehead atoms. The van der Waals surface area contributed by atoms with Gasteiger partial charge in [-0.1, -0.05) is 0 Å². The van der Waals surface area contributed by atoms with Crippen molar-refractivity contribution in [1.29, 1.82) is 0 Å². The van der Waals surface area contributed by atoms with E-state index in [1.54, 1.807) is 0 Å². The van der Waals surface area contributed by atoms with E-state index >= 15 is 0 Å². The molecule has 0 aliphatic heterocycles. The van der Waals surface area contributed by atoms with Crippen LogP contribution in [0.3, 0.4) is 0 Å². The summed E-state index contributed by atoms with van der Waals surface area (Å²) in [6.45, 7) is 0. The molecule has 0 aromatic heterocycles. The standard InChI is InChI=1S/C13H11F3O5S/c14-10-4-3-9(6-11(10)15)22(20,21)13(16,12(18)19)7-1-2-8(17)5-7/h3-4,6-7H,1-2,5H2,(H,18,19). The molecule has 5 nitrogen and oxygen atoms in total. The number of sulfone groups is 1. The van der Waals surface area contributed by atoms with Gasteiger partial charge >= 0.3 is 11.0 Å². The maximum atomic E-state index is 14.9. The minimum absolute atomic E-state index is 0.128. The fourth-order valence-electron chi connectivity index (χ4n) is 2.46. The summed E-state index contributed by atoms with van der Waals surface area (Å²) in [5.41, 5.74) is 0. The van der Waals surface area contributed by atoms with E-state index in [9.17, 15) is 31.2 Å². The second-order valence-electron chi connectivity index (χ2n) is 5.01. The molecule has 9 heteroatoms. The third-order valence-electron chi connectivity index (χ3n) is 3.65. The van der Waals surface area contributed by atoms with Crippen molar-refractivity contribution in [2.75, 3.05) is 0 Å². The van der Waals surface area contributed by atoms with E-state index in [0.717, 1.165) is 0 Å². The van der Waals surface area contributed by atoms with Crippen LogP contribution in [0.1, 0.15) is 19.3 Å². The lowest BCUT2D eigenvalue weighted by Gasteiger charge is -2.26. The normalized spacial score (nSPS) is 21.6. The van der Waals surface area contributed by atoms with Crippen LogP contribution >= 0.6 is 0 Å². The number of halogens is 3. The number of carbonyl (C=O) groups excluding carboxylic acids is 1. The number of hydrogen-bond donors (Lipinski definition) is 1. The quantitative estimate of drug-likeness (QED) is 0.848. The molecule has 2 rings (SSSR count). The van der Waals surface area contributed by atoms with E-state index in [2.05, 4.69) is 0 Å². The molecule has 2 atom stereocenters. The summed E-state index contributed by atoms with van der Waals surface area (Å²) in [7, 11) is -5.17. The van der Waals surface area contributed by atoms with Gasteiger partial charge in [-0.05, 0) is 24.6 Å². The number of Topliss-reactive ketones (excluding diaryl/α,β-unsaturated/α-hetero) is 1. The van der Waals surface area contributed by atoms with Gasteiger partial charge in [0, 0.05) is 18.8 Å². The Balaban J connectivity index is 2.57. The summed E-state index contributed by atoms with van der Waals surface area (Å²) < 4.78 is 65.6. The van der Waals surface area contributed by atoms with Gasteiger partial charge in [-0.25, -0.2) is 26.4 Å². The van der Waals surface area contributed by atoms with Crippen LogP contribution in [0.25, 0.3) is 0 Å². The maximum Gasteiger partial charge on any atom is 0.358 e. The van der Waals surface area contributed by atoms with Crippen LogP contribution in [-0.2, 0) is 19.4 Å². The molecule has 1 fully saturated rings. The second kappa shape index (κ2) is 5.38. The first-order valence-corrected chi connectivity index (χ1v) is 7.72. The smallest absolute Gasteiger partial charge is 0.358 e. The van der Waals surface area contributed by atoms with Gasteiger partial charge in [0.25, 0.3) is 0 Å². The van der Waals surface area contributed by atoms with E-state index < -0.39 is 55.5 Å². The fraction of sp³-hybridized carbons (Fsp3) is 0.385. The Morgan fingerprint density at radius 3 is 2.36 bits per heavy atom. The summed E-state index contributed by atoms with van der Waals surface area (Å²) in [4.78, 5) is 21.5. The number of hydrogen-bond acceptors (Lipinski definition) is 4. The molecule has 1 aliphatic rings. The molecule has 0 saturated heterocycles. The predicted molar refractivity (Wildman–Crippen MR) is 67.4 cm³/mol. The van der Waals surface area contributed by atoms with Crippen molar-refractivity contribution in [1.82, 2.24) is 0 Å². The summed E-state index contributed by atoms with van der Waals surface area (Å²) in [5, 5.41) is 5.29. The Morgan fingerprint density at radius 1 is 1.27 bits per heavy atom. The minimum atomic E-state index is -5.17. The van der Waals surface area contributed by atoms with Crippen molar-refractivity contribution < 1.29 is 36.3 Å². The number of ketones is 1. The van der Waals surface area contributed by atoms with Crippen molar-refractivity contribution in [3.05, 3.63) is 29.8 Å². The van der Waals surface area contributed by atoms with Crippen molar-refractivity contribution in [2.45, 2.75) is 29.2 Å². The highest BCUT2D eigenvalue weighted by Crippen LogP contribution is 2.42. The second-order valence-corrected chi connectivity index (χ2v) is 7.08. The van der Waals surface area contributed by atoms with Gasteiger partial charge in [0.1, 0.15) is 5.78 Å². The van der Waals surface area contributed by atoms with Crippen molar-refractivity contribution in [3.63, 3.8) is 0 Å². The van der Waals surface area contributed by atoms with E-state index in [1.807, 2.05) is 0 Å². The number of aliphatic carboxylic acids is 1. The van der Waals surface area contributed by atoms with Gasteiger partial charge in [0.2, 0.25) is 9.84 Å². The largest absolute Gasteiger partial charge is 0.478 e. The number of rotatable bonds is 4. The van der Waals surface area contributed by atoms with Crippen LogP contribution in [0.4, 0.5) is 13.2 Å². The highest BCUT2D eigenvalue weighted by atomic mass is 32.2. The molecular formula is C13H11F3O5S. The molecule has 2 unspecified atom stereocenters. The van der Waals surface area contributed by atoms with Crippen LogP contribution in [-0.4, -0.2) is 30.3 Å². The maximum absolute atomic E-state index is 14.9. The van der Waals surface area contributed by atoms with E-state index in [1.165, 1.54) is 0 Å². The van der Waals surface area contributed by atoms with Crippen molar-refractivity contribution in [3.8, 4) is 0 Å². The van der Waals surface area contributed by atoms with Gasteiger partial charge in [-0.15, -0.1) is 0 Å². The Kier molecular flexibility index (Phi) is 4.03. The monoisotopic (exact) mass is 336 g/mol. The van der Waals surface area contributed by atoms with Crippen molar-refractivity contribution >= 4 is 21.6 Å². The lowest BCUT2D eigenvalue weighted by Crippen LogP contribution is -2.48. The summed E-state index contributed by atoms with van der Waals surface area (Å²) in [6.07, 6.45) is -0.910. The summed E-state index contributed by atoms with van der Waals surface area (Å²) in [5.74, 6) is -7.20. The van der Waals surface area contributed by atoms with Gasteiger partial charge < -0.3 is 5.11 Å². The van der Waals surface area contributed by atoms with Gasteiger partial charge in [-0.2, -0.15) is 0 Å². The molecule has 120 valence electrons. The molecule has 1 aliphatic carbocycles. The van der Waals surface area contributed by atoms with Crippen LogP contribution < -0.4 is 0 Å².